The fourth-order valence-electron chi connectivity index (χ4n) is 0.566. The van der Waals surface area contributed by atoms with Crippen LogP contribution in [-0.4, -0.2) is 76.0 Å². The molecule has 0 aliphatic carbocycles. The van der Waals surface area contributed by atoms with Crippen molar-refractivity contribution < 1.29 is 28.3 Å². The van der Waals surface area contributed by atoms with E-state index in [-0.39, 0.29) is 17.4 Å². The van der Waals surface area contributed by atoms with Gasteiger partial charge in [-0.05, 0) is 12.8 Å². The Kier molecular flexibility index (Phi) is 34.5. The van der Waals surface area contributed by atoms with Crippen LogP contribution in [0.3, 0.4) is 0 Å². The number of aliphatic hydroxyl groups excluding tert-OH is 2. The minimum absolute atomic E-state index is 0. The smallest absolute Gasteiger partial charge is 0.396 e. The first-order valence-electron chi connectivity index (χ1n) is 6.11. The highest BCUT2D eigenvalue weighted by Crippen LogP contribution is 1.97. The van der Waals surface area contributed by atoms with E-state index in [1.807, 2.05) is 0 Å². The van der Waals surface area contributed by atoms with Gasteiger partial charge in [0.2, 0.25) is 0 Å². The molecule has 0 saturated heterocycles. The quantitative estimate of drug-likeness (QED) is 0.560. The highest BCUT2D eigenvalue weighted by Gasteiger charge is 2.36. The highest BCUT2D eigenvalue weighted by atomic mass is 28.4. The molecule has 19 heavy (non-hydrogen) atoms. The Morgan fingerprint density at radius 2 is 1.05 bits per heavy atom. The Morgan fingerprint density at radius 1 is 0.789 bits per heavy atom. The average Bonchev–Trinajstić information content (AvgIpc) is 2.41. The summed E-state index contributed by atoms with van der Waals surface area (Å²) in [6.07, 6.45) is 4.08. The lowest BCUT2D eigenvalue weighted by Crippen LogP contribution is -2.42. The minimum Gasteiger partial charge on any atom is -0.396 e. The molecule has 0 saturated carbocycles. The van der Waals surface area contributed by atoms with Crippen LogP contribution in [0.25, 0.3) is 0 Å². The van der Waals surface area contributed by atoms with Gasteiger partial charge in [0.1, 0.15) is 0 Å². The summed E-state index contributed by atoms with van der Waals surface area (Å²) >= 11 is 0. The summed E-state index contributed by atoms with van der Waals surface area (Å²) in [7, 11) is 0.826. The molecule has 0 aromatic carbocycles. The second-order valence-electron chi connectivity index (χ2n) is 3.29. The first-order chi connectivity index (χ1) is 8.51. The lowest BCUT2D eigenvalue weighted by Gasteiger charge is -2.14. The van der Waals surface area contributed by atoms with Crippen molar-refractivity contribution in [3.63, 3.8) is 0 Å². The minimum atomic E-state index is -3.17. The van der Waals surface area contributed by atoms with Gasteiger partial charge in [-0.2, -0.15) is 0 Å². The van der Waals surface area contributed by atoms with Gasteiger partial charge < -0.3 is 28.3 Å². The third kappa shape index (κ3) is 27.6. The molecule has 0 spiro atoms. The van der Waals surface area contributed by atoms with Crippen LogP contribution in [0.4, 0.5) is 0 Å². The van der Waals surface area contributed by atoms with E-state index in [9.17, 15) is 0 Å². The lowest BCUT2D eigenvalue weighted by molar-refractivity contribution is 0.0418. The topological polar surface area (TPSA) is 88.4 Å². The molecule has 0 aliphatic heterocycles. The van der Waals surface area contributed by atoms with E-state index in [0.717, 1.165) is 25.7 Å². The van der Waals surface area contributed by atoms with Crippen LogP contribution in [0.5, 0.6) is 0 Å². The second-order valence-corrected chi connectivity index (χ2v) is 5.56. The van der Waals surface area contributed by atoms with Crippen molar-refractivity contribution in [2.24, 2.45) is 0 Å². The molecular weight excluding hydrogens is 283 g/mol. The third-order valence-corrected chi connectivity index (χ3v) is 3.34. The molecule has 0 bridgehead atoms. The summed E-state index contributed by atoms with van der Waals surface area (Å²) in [5, 5.41) is 16.1. The van der Waals surface area contributed by atoms with Crippen LogP contribution in [0.1, 0.15) is 39.5 Å². The third-order valence-electron chi connectivity index (χ3n) is 1.80. The monoisotopic (exact) mass is 316 g/mol. The lowest BCUT2D eigenvalue weighted by atomic mass is 10.4. The number of unbranched alkanes of at least 4 members (excludes halogenated alkanes) is 2. The van der Waals surface area contributed by atoms with E-state index < -0.39 is 9.05 Å². The van der Waals surface area contributed by atoms with Gasteiger partial charge in [-0.25, -0.2) is 0 Å². The van der Waals surface area contributed by atoms with Crippen molar-refractivity contribution >= 4 is 26.4 Å². The first-order valence-corrected chi connectivity index (χ1v) is 7.78. The van der Waals surface area contributed by atoms with E-state index in [4.69, 9.17) is 15.0 Å². The fraction of sp³-hybridized carbons (Fsp3) is 1.00. The molecule has 0 fully saturated rings. The van der Waals surface area contributed by atoms with Crippen LogP contribution in [0, 0.1) is 0 Å². The van der Waals surface area contributed by atoms with Crippen molar-refractivity contribution in [3.8, 4) is 0 Å². The maximum absolute atomic E-state index is 8.91. The van der Waals surface area contributed by atoms with E-state index in [1.54, 1.807) is 0 Å². The molecule has 0 heterocycles. The van der Waals surface area contributed by atoms with Gasteiger partial charge in [-0.3, -0.25) is 0 Å². The molecule has 0 atom stereocenters. The normalized spacial score (nSPS) is 9.47. The molecule has 0 aromatic heterocycles. The number of rotatable bonds is 7. The van der Waals surface area contributed by atoms with Gasteiger partial charge in [0, 0.05) is 34.5 Å². The van der Waals surface area contributed by atoms with E-state index in [2.05, 4.69) is 27.1 Å². The summed E-state index contributed by atoms with van der Waals surface area (Å²) in [5.41, 5.74) is 0. The molecule has 0 unspecified atom stereocenters. The maximum atomic E-state index is 8.91. The van der Waals surface area contributed by atoms with E-state index in [0.29, 0.717) is 13.2 Å². The summed E-state index contributed by atoms with van der Waals surface area (Å²) in [5.74, 6) is 0. The number of aliphatic hydroxyl groups is 2. The van der Waals surface area contributed by atoms with Crippen LogP contribution >= 0.6 is 0 Å². The molecule has 0 radical (unpaired) electrons. The van der Waals surface area contributed by atoms with E-state index >= 15 is 0 Å². The first kappa shape index (κ1) is 27.8. The Bertz CT molecular complexity index is 120. The van der Waals surface area contributed by atoms with Crippen molar-refractivity contribution in [1.82, 2.24) is 0 Å². The predicted octanol–water partition coefficient (Wildman–Crippen LogP) is -0.273. The molecule has 0 aliphatic rings. The van der Waals surface area contributed by atoms with Crippen LogP contribution in [0.2, 0.25) is 0 Å². The molecule has 8 heteroatoms. The van der Waals surface area contributed by atoms with Gasteiger partial charge >= 0.3 is 9.05 Å². The van der Waals surface area contributed by atoms with Crippen molar-refractivity contribution in [2.75, 3.05) is 34.5 Å². The largest absolute Gasteiger partial charge is 0.676 e. The summed E-state index contributed by atoms with van der Waals surface area (Å²) in [4.78, 5) is 8.91. The zero-order valence-corrected chi connectivity index (χ0v) is 13.3. The summed E-state index contributed by atoms with van der Waals surface area (Å²) in [6.45, 7) is 4.79. The van der Waals surface area contributed by atoms with Crippen molar-refractivity contribution in [3.05, 3.63) is 0 Å². The average molecular weight is 316 g/mol. The Morgan fingerprint density at radius 3 is 1.05 bits per heavy atom. The molecule has 0 amide bonds. The summed E-state index contributed by atoms with van der Waals surface area (Å²) < 4.78 is 13.5. The zero-order chi connectivity index (χ0) is 14.9. The van der Waals surface area contributed by atoms with Gasteiger partial charge in [-0.15, -0.1) is 0 Å². The van der Waals surface area contributed by atoms with Crippen LogP contribution in [-0.2, 0) is 13.3 Å². The summed E-state index contributed by atoms with van der Waals surface area (Å²) in [6, 6.07) is 0. The Hall–Kier alpha value is 0.509. The maximum Gasteiger partial charge on any atom is 0.676 e. The molecule has 3 N–H and O–H groups in total. The molecular formula is C11H33AlO6Si. The second kappa shape index (κ2) is 23.6. The van der Waals surface area contributed by atoms with Crippen LogP contribution in [0.15, 0.2) is 0 Å². The predicted molar refractivity (Wildman–Crippen MR) is 82.9 cm³/mol. The van der Waals surface area contributed by atoms with Crippen LogP contribution < -0.4 is 0 Å². The number of hydrogen-bond acceptors (Lipinski definition) is 6. The van der Waals surface area contributed by atoms with E-state index in [1.165, 1.54) is 21.3 Å². The number of hydrogen-bond donors (Lipinski definition) is 3. The molecule has 0 rings (SSSR count). The fourth-order valence-corrected chi connectivity index (χ4v) is 1.07. The van der Waals surface area contributed by atoms with Gasteiger partial charge in [0.25, 0.3) is 0 Å². The van der Waals surface area contributed by atoms with Gasteiger partial charge in [-0.1, -0.05) is 26.7 Å². The Labute approximate surface area is 129 Å². The molecule has 6 nitrogen and oxygen atoms in total. The highest BCUT2D eigenvalue weighted by molar-refractivity contribution is 6.51. The zero-order valence-electron chi connectivity index (χ0n) is 12.3. The van der Waals surface area contributed by atoms with Crippen molar-refractivity contribution in [1.29, 1.82) is 0 Å². The standard InChI is InChI=1S/2C4H10O.C3H10O4Si.Al.3H/c2*1-2-3-4-5;1-5-8(4,6-2)7-3;;;;/h2*5H,2-4H2,1H3;4H,1-3H3;;;;. The SMILES string of the molecule is CCCCO.CCCCO.CO[Si](O)(OC)OC.[AlH3]. The molecule has 120 valence electrons. The molecule has 0 aromatic rings. The van der Waals surface area contributed by atoms with Gasteiger partial charge in [0.05, 0.1) is 0 Å². The van der Waals surface area contributed by atoms with Crippen molar-refractivity contribution in [2.45, 2.75) is 39.5 Å². The Balaban J connectivity index is -0.0000000906. The van der Waals surface area contributed by atoms with Gasteiger partial charge in [0.15, 0.2) is 17.4 Å².